The number of unbranched alkanes of at least 4 members (excludes halogenated alkanes) is 2. The third-order valence-corrected chi connectivity index (χ3v) is 3.21. The van der Waals surface area contributed by atoms with Crippen molar-refractivity contribution in [1.29, 1.82) is 0 Å². The van der Waals surface area contributed by atoms with Gasteiger partial charge in [-0.2, -0.15) is 0 Å². The van der Waals surface area contributed by atoms with Crippen molar-refractivity contribution in [3.63, 3.8) is 0 Å². The molecule has 0 saturated carbocycles. The van der Waals surface area contributed by atoms with E-state index in [2.05, 4.69) is 46.1 Å². The van der Waals surface area contributed by atoms with Gasteiger partial charge in [-0.05, 0) is 30.7 Å². The third-order valence-electron chi connectivity index (χ3n) is 2.83. The first-order chi connectivity index (χ1) is 7.85. The highest BCUT2D eigenvalue weighted by Crippen LogP contribution is 2.23. The van der Waals surface area contributed by atoms with Crippen LogP contribution in [0.2, 0.25) is 0 Å². The molecule has 3 heteroatoms. The van der Waals surface area contributed by atoms with Crippen LogP contribution in [0.4, 0.5) is 0 Å². The van der Waals surface area contributed by atoms with Gasteiger partial charge in [0.05, 0.1) is 0 Å². The maximum Gasteiger partial charge on any atom is 0.179 e. The summed E-state index contributed by atoms with van der Waals surface area (Å²) in [4.78, 5) is 0. The van der Waals surface area contributed by atoms with Crippen molar-refractivity contribution in [2.24, 2.45) is 0 Å². The molecule has 0 aliphatic heterocycles. The minimum Gasteiger partial charge on any atom is -0.418 e. The standard InChI is InChI=1S/C13H16BrNO/c1-2-3-4-8-15-9-7-11-10-12(16-14)5-6-13(11)15/h5-7,9-10H,2-4,8H2,1H3. The molecule has 0 fully saturated rings. The Labute approximate surface area is 105 Å². The number of hydrogen-bond donors (Lipinski definition) is 0. The van der Waals surface area contributed by atoms with E-state index in [4.69, 9.17) is 3.83 Å². The molecule has 0 atom stereocenters. The topological polar surface area (TPSA) is 14.2 Å². The van der Waals surface area contributed by atoms with Crippen molar-refractivity contribution in [2.45, 2.75) is 32.7 Å². The van der Waals surface area contributed by atoms with E-state index >= 15 is 0 Å². The van der Waals surface area contributed by atoms with Gasteiger partial charge in [0.1, 0.15) is 5.75 Å². The first kappa shape index (κ1) is 11.5. The summed E-state index contributed by atoms with van der Waals surface area (Å²) < 4.78 is 7.34. The SMILES string of the molecule is CCCCCn1ccc2cc(OBr)ccc21. The highest BCUT2D eigenvalue weighted by Gasteiger charge is 2.02. The number of nitrogens with zero attached hydrogens (tertiary/aromatic N) is 1. The summed E-state index contributed by atoms with van der Waals surface area (Å²) in [5.74, 6) is 0.846. The van der Waals surface area contributed by atoms with Crippen molar-refractivity contribution in [2.75, 3.05) is 0 Å². The molecule has 2 rings (SSSR count). The average Bonchev–Trinajstić information content (AvgIpc) is 2.72. The Kier molecular flexibility index (Phi) is 3.88. The fourth-order valence-electron chi connectivity index (χ4n) is 1.95. The molecule has 0 saturated heterocycles. The van der Waals surface area contributed by atoms with E-state index in [-0.39, 0.29) is 0 Å². The Hall–Kier alpha value is -0.960. The van der Waals surface area contributed by atoms with Gasteiger partial charge in [-0.1, -0.05) is 19.8 Å². The summed E-state index contributed by atoms with van der Waals surface area (Å²) in [7, 11) is 0. The number of aryl methyl sites for hydroxylation is 1. The van der Waals surface area contributed by atoms with Crippen LogP contribution in [0, 0.1) is 0 Å². The summed E-state index contributed by atoms with van der Waals surface area (Å²) in [6.45, 7) is 3.33. The molecule has 2 aromatic rings. The number of rotatable bonds is 5. The molecule has 0 unspecified atom stereocenters. The van der Waals surface area contributed by atoms with Gasteiger partial charge in [0.25, 0.3) is 0 Å². The molecule has 1 aromatic carbocycles. The predicted molar refractivity (Wildman–Crippen MR) is 71.0 cm³/mol. The molecule has 86 valence electrons. The molecular weight excluding hydrogens is 266 g/mol. The Bertz CT molecular complexity index is 464. The largest absolute Gasteiger partial charge is 0.418 e. The van der Waals surface area contributed by atoms with Crippen LogP contribution >= 0.6 is 16.3 Å². The number of aromatic nitrogens is 1. The number of benzene rings is 1. The highest BCUT2D eigenvalue weighted by atomic mass is 79.9. The van der Waals surface area contributed by atoms with Crippen LogP contribution in [0.15, 0.2) is 30.5 Å². The summed E-state index contributed by atoms with van der Waals surface area (Å²) in [6, 6.07) is 8.27. The lowest BCUT2D eigenvalue weighted by atomic mass is 10.2. The van der Waals surface area contributed by atoms with E-state index in [1.165, 1.54) is 30.2 Å². The van der Waals surface area contributed by atoms with Crippen molar-refractivity contribution in [3.05, 3.63) is 30.5 Å². The predicted octanol–water partition coefficient (Wildman–Crippen LogP) is 4.52. The first-order valence-electron chi connectivity index (χ1n) is 5.72. The van der Waals surface area contributed by atoms with Crippen molar-refractivity contribution < 1.29 is 3.83 Å². The van der Waals surface area contributed by atoms with E-state index in [1.54, 1.807) is 0 Å². The quantitative estimate of drug-likeness (QED) is 0.735. The molecule has 0 amide bonds. The van der Waals surface area contributed by atoms with Crippen LogP contribution in [0.3, 0.4) is 0 Å². The van der Waals surface area contributed by atoms with Crippen LogP contribution in [-0.4, -0.2) is 4.57 Å². The lowest BCUT2D eigenvalue weighted by Crippen LogP contribution is -1.95. The molecule has 0 aliphatic carbocycles. The van der Waals surface area contributed by atoms with Gasteiger partial charge in [0, 0.05) is 23.6 Å². The molecular formula is C13H16BrNO. The van der Waals surface area contributed by atoms with Crippen LogP contribution in [0.1, 0.15) is 26.2 Å². The van der Waals surface area contributed by atoms with Gasteiger partial charge in [-0.3, -0.25) is 0 Å². The van der Waals surface area contributed by atoms with Crippen LogP contribution in [-0.2, 0) is 6.54 Å². The van der Waals surface area contributed by atoms with Gasteiger partial charge in [-0.15, -0.1) is 0 Å². The molecule has 2 nitrogen and oxygen atoms in total. The molecule has 0 N–H and O–H groups in total. The Morgan fingerprint density at radius 3 is 2.88 bits per heavy atom. The zero-order valence-electron chi connectivity index (χ0n) is 9.45. The summed E-state index contributed by atoms with van der Waals surface area (Å²) >= 11 is 2.99. The number of fused-ring (bicyclic) bond motifs is 1. The van der Waals surface area contributed by atoms with E-state index in [1.807, 2.05) is 12.1 Å². The number of hydrogen-bond acceptors (Lipinski definition) is 1. The van der Waals surface area contributed by atoms with Gasteiger partial charge < -0.3 is 8.40 Å². The molecule has 16 heavy (non-hydrogen) atoms. The van der Waals surface area contributed by atoms with E-state index in [0.717, 1.165) is 12.3 Å². The second kappa shape index (κ2) is 5.39. The van der Waals surface area contributed by atoms with Crippen molar-refractivity contribution in [3.8, 4) is 5.75 Å². The lowest BCUT2D eigenvalue weighted by Gasteiger charge is -2.05. The monoisotopic (exact) mass is 281 g/mol. The smallest absolute Gasteiger partial charge is 0.179 e. The van der Waals surface area contributed by atoms with Crippen molar-refractivity contribution >= 4 is 27.2 Å². The Morgan fingerprint density at radius 2 is 2.12 bits per heavy atom. The minimum absolute atomic E-state index is 0.846. The first-order valence-corrected chi connectivity index (χ1v) is 6.37. The average molecular weight is 282 g/mol. The summed E-state index contributed by atoms with van der Waals surface area (Å²) in [5.41, 5.74) is 1.28. The number of halogens is 1. The van der Waals surface area contributed by atoms with Crippen LogP contribution < -0.4 is 3.83 Å². The maximum atomic E-state index is 5.03. The van der Waals surface area contributed by atoms with Gasteiger partial charge in [0.15, 0.2) is 16.3 Å². The van der Waals surface area contributed by atoms with Gasteiger partial charge >= 0.3 is 0 Å². The highest BCUT2D eigenvalue weighted by molar-refractivity contribution is 9.06. The van der Waals surface area contributed by atoms with E-state index in [0.29, 0.717) is 0 Å². The molecule has 0 aliphatic rings. The minimum atomic E-state index is 0.846. The van der Waals surface area contributed by atoms with Gasteiger partial charge in [0.2, 0.25) is 0 Å². The van der Waals surface area contributed by atoms with Crippen molar-refractivity contribution in [1.82, 2.24) is 4.57 Å². The van der Waals surface area contributed by atoms with E-state index < -0.39 is 0 Å². The zero-order valence-corrected chi connectivity index (χ0v) is 11.0. The summed E-state index contributed by atoms with van der Waals surface area (Å²) in [6.07, 6.45) is 5.96. The third kappa shape index (κ3) is 2.40. The molecule has 0 radical (unpaired) electrons. The Morgan fingerprint density at radius 1 is 1.25 bits per heavy atom. The normalized spacial score (nSPS) is 10.9. The van der Waals surface area contributed by atoms with Gasteiger partial charge in [-0.25, -0.2) is 0 Å². The fourth-order valence-corrected chi connectivity index (χ4v) is 2.15. The molecule has 0 spiro atoms. The molecule has 1 heterocycles. The second-order valence-electron chi connectivity index (χ2n) is 4.01. The second-order valence-corrected chi connectivity index (χ2v) is 4.34. The lowest BCUT2D eigenvalue weighted by molar-refractivity contribution is 0.616. The maximum absolute atomic E-state index is 5.03. The Balaban J connectivity index is 2.20. The van der Waals surface area contributed by atoms with Crippen LogP contribution in [0.5, 0.6) is 5.75 Å². The molecule has 1 aromatic heterocycles. The fraction of sp³-hybridized carbons (Fsp3) is 0.385. The zero-order chi connectivity index (χ0) is 11.4. The van der Waals surface area contributed by atoms with E-state index in [9.17, 15) is 0 Å². The molecule has 0 bridgehead atoms. The summed E-state index contributed by atoms with van der Waals surface area (Å²) in [5, 5.41) is 1.23. The van der Waals surface area contributed by atoms with Crippen LogP contribution in [0.25, 0.3) is 10.9 Å².